The molecule has 0 saturated carbocycles. The Morgan fingerprint density at radius 2 is 1.64 bits per heavy atom. The van der Waals surface area contributed by atoms with E-state index in [1.807, 2.05) is 0 Å². The Kier molecular flexibility index (Phi) is 4.85. The van der Waals surface area contributed by atoms with E-state index in [1.165, 1.54) is 30.3 Å². The number of carbonyl (C=O) groups is 1. The molecule has 0 radical (unpaired) electrons. The number of hydrogen-bond acceptors (Lipinski definition) is 3. The van der Waals surface area contributed by atoms with Gasteiger partial charge < -0.3 is 5.73 Å². The number of nitrogens with one attached hydrogen (secondary N) is 1. The summed E-state index contributed by atoms with van der Waals surface area (Å²) >= 11 is 5.76. The SMILES string of the molecule is NC(=O)c1ccc(NS(=O)(=O)/C=C/c2ccc(Cl)cc2)cc1. The Morgan fingerprint density at radius 1 is 1.05 bits per heavy atom. The van der Waals surface area contributed by atoms with Gasteiger partial charge >= 0.3 is 0 Å². The number of amides is 1. The highest BCUT2D eigenvalue weighted by Crippen LogP contribution is 2.14. The highest BCUT2D eigenvalue weighted by atomic mass is 35.5. The summed E-state index contributed by atoms with van der Waals surface area (Å²) in [5.74, 6) is -0.572. The lowest BCUT2D eigenvalue weighted by atomic mass is 10.2. The molecule has 0 bridgehead atoms. The van der Waals surface area contributed by atoms with Crippen molar-refractivity contribution in [3.8, 4) is 0 Å². The van der Waals surface area contributed by atoms with E-state index in [1.54, 1.807) is 24.3 Å². The third-order valence-corrected chi connectivity index (χ3v) is 4.01. The van der Waals surface area contributed by atoms with Gasteiger partial charge in [0.25, 0.3) is 10.0 Å². The molecule has 22 heavy (non-hydrogen) atoms. The van der Waals surface area contributed by atoms with Gasteiger partial charge in [-0.3, -0.25) is 9.52 Å². The van der Waals surface area contributed by atoms with E-state index in [2.05, 4.69) is 4.72 Å². The average Bonchev–Trinajstić information content (AvgIpc) is 2.47. The third kappa shape index (κ3) is 4.61. The van der Waals surface area contributed by atoms with Crippen LogP contribution in [0.4, 0.5) is 5.69 Å². The number of primary amides is 1. The lowest BCUT2D eigenvalue weighted by molar-refractivity contribution is 0.100. The van der Waals surface area contributed by atoms with Gasteiger partial charge in [-0.15, -0.1) is 0 Å². The molecular weight excluding hydrogens is 324 g/mol. The fourth-order valence-corrected chi connectivity index (χ4v) is 2.64. The molecular formula is C15H13ClN2O3S. The molecule has 0 unspecified atom stereocenters. The van der Waals surface area contributed by atoms with E-state index in [0.29, 0.717) is 21.8 Å². The number of anilines is 1. The van der Waals surface area contributed by atoms with E-state index in [9.17, 15) is 13.2 Å². The van der Waals surface area contributed by atoms with Crippen molar-refractivity contribution in [1.82, 2.24) is 0 Å². The minimum absolute atomic E-state index is 0.305. The first-order valence-electron chi connectivity index (χ1n) is 6.22. The third-order valence-electron chi connectivity index (χ3n) is 2.74. The summed E-state index contributed by atoms with van der Waals surface area (Å²) in [6, 6.07) is 12.6. The maximum atomic E-state index is 11.9. The summed E-state index contributed by atoms with van der Waals surface area (Å²) in [5.41, 5.74) is 6.47. The monoisotopic (exact) mass is 336 g/mol. The van der Waals surface area contributed by atoms with Crippen LogP contribution in [0.15, 0.2) is 53.9 Å². The van der Waals surface area contributed by atoms with Crippen LogP contribution in [0.25, 0.3) is 6.08 Å². The summed E-state index contributed by atoms with van der Waals surface area (Å²) in [4.78, 5) is 10.9. The summed E-state index contributed by atoms with van der Waals surface area (Å²) in [6.07, 6.45) is 1.45. The maximum absolute atomic E-state index is 11.9. The normalized spacial score (nSPS) is 11.5. The number of sulfonamides is 1. The largest absolute Gasteiger partial charge is 0.366 e. The fraction of sp³-hybridized carbons (Fsp3) is 0. The second kappa shape index (κ2) is 6.64. The number of halogens is 1. The van der Waals surface area contributed by atoms with E-state index < -0.39 is 15.9 Å². The Morgan fingerprint density at radius 3 is 2.18 bits per heavy atom. The van der Waals surface area contributed by atoms with Gasteiger partial charge in [0.2, 0.25) is 5.91 Å². The van der Waals surface area contributed by atoms with Gasteiger partial charge in [0.15, 0.2) is 0 Å². The molecule has 7 heteroatoms. The molecule has 0 fully saturated rings. The zero-order valence-corrected chi connectivity index (χ0v) is 12.9. The predicted molar refractivity (Wildman–Crippen MR) is 88.0 cm³/mol. The van der Waals surface area contributed by atoms with Crippen molar-refractivity contribution >= 4 is 39.3 Å². The van der Waals surface area contributed by atoms with Gasteiger partial charge in [-0.2, -0.15) is 0 Å². The summed E-state index contributed by atoms with van der Waals surface area (Å²) in [6.45, 7) is 0. The van der Waals surface area contributed by atoms with Gasteiger partial charge in [-0.1, -0.05) is 23.7 Å². The topological polar surface area (TPSA) is 89.3 Å². The predicted octanol–water partition coefficient (Wildman–Crippen LogP) is 2.85. The number of hydrogen-bond donors (Lipinski definition) is 2. The van der Waals surface area contributed by atoms with Crippen molar-refractivity contribution in [1.29, 1.82) is 0 Å². The van der Waals surface area contributed by atoms with Crippen LogP contribution in [0.5, 0.6) is 0 Å². The Balaban J connectivity index is 2.10. The van der Waals surface area contributed by atoms with Crippen molar-refractivity contribution in [2.45, 2.75) is 0 Å². The maximum Gasteiger partial charge on any atom is 0.255 e. The van der Waals surface area contributed by atoms with Crippen molar-refractivity contribution < 1.29 is 13.2 Å². The smallest absolute Gasteiger partial charge is 0.255 e. The van der Waals surface area contributed by atoms with Gasteiger partial charge in [0.05, 0.1) is 5.41 Å². The van der Waals surface area contributed by atoms with Crippen LogP contribution in [0.3, 0.4) is 0 Å². The molecule has 1 amide bonds. The van der Waals surface area contributed by atoms with Gasteiger partial charge in [0, 0.05) is 16.3 Å². The quantitative estimate of drug-likeness (QED) is 0.879. The molecule has 0 heterocycles. The Hall–Kier alpha value is -2.31. The molecule has 0 aliphatic rings. The first-order valence-corrected chi connectivity index (χ1v) is 8.14. The van der Waals surface area contributed by atoms with Crippen LogP contribution < -0.4 is 10.5 Å². The Bertz CT molecular complexity index is 798. The first kappa shape index (κ1) is 16.1. The summed E-state index contributed by atoms with van der Waals surface area (Å²) in [5, 5.41) is 1.63. The van der Waals surface area contributed by atoms with Crippen molar-refractivity contribution in [3.63, 3.8) is 0 Å². The van der Waals surface area contributed by atoms with E-state index in [4.69, 9.17) is 17.3 Å². The van der Waals surface area contributed by atoms with Crippen LogP contribution in [-0.2, 0) is 10.0 Å². The molecule has 0 saturated heterocycles. The fourth-order valence-electron chi connectivity index (χ4n) is 1.64. The zero-order valence-electron chi connectivity index (χ0n) is 11.4. The summed E-state index contributed by atoms with van der Waals surface area (Å²) in [7, 11) is -3.66. The second-order valence-electron chi connectivity index (χ2n) is 4.44. The Labute approximate surface area is 133 Å². The lowest BCUT2D eigenvalue weighted by Gasteiger charge is -2.04. The number of benzene rings is 2. The van der Waals surface area contributed by atoms with Crippen LogP contribution in [-0.4, -0.2) is 14.3 Å². The lowest BCUT2D eigenvalue weighted by Crippen LogP contribution is -2.12. The molecule has 114 valence electrons. The first-order chi connectivity index (χ1) is 10.4. The average molecular weight is 337 g/mol. The molecule has 2 aromatic carbocycles. The van der Waals surface area contributed by atoms with Crippen LogP contribution >= 0.6 is 11.6 Å². The molecule has 5 nitrogen and oxygen atoms in total. The van der Waals surface area contributed by atoms with Crippen molar-refractivity contribution in [2.24, 2.45) is 5.73 Å². The molecule has 0 aliphatic heterocycles. The van der Waals surface area contributed by atoms with E-state index in [-0.39, 0.29) is 0 Å². The van der Waals surface area contributed by atoms with E-state index in [0.717, 1.165) is 5.41 Å². The van der Waals surface area contributed by atoms with Crippen molar-refractivity contribution in [2.75, 3.05) is 4.72 Å². The highest BCUT2D eigenvalue weighted by Gasteiger charge is 2.06. The van der Waals surface area contributed by atoms with E-state index >= 15 is 0 Å². The molecule has 0 spiro atoms. The van der Waals surface area contributed by atoms with Gasteiger partial charge in [-0.05, 0) is 48.0 Å². The van der Waals surface area contributed by atoms with Crippen LogP contribution in [0.1, 0.15) is 15.9 Å². The second-order valence-corrected chi connectivity index (χ2v) is 6.45. The molecule has 2 aromatic rings. The minimum atomic E-state index is -3.66. The molecule has 0 atom stereocenters. The standard InChI is InChI=1S/C15H13ClN2O3S/c16-13-5-1-11(2-6-13)9-10-22(20,21)18-14-7-3-12(4-8-14)15(17)19/h1-10,18H,(H2,17,19)/b10-9+. The number of nitrogens with two attached hydrogens (primary N) is 1. The number of carbonyl (C=O) groups excluding carboxylic acids is 1. The van der Waals surface area contributed by atoms with Gasteiger partial charge in [-0.25, -0.2) is 8.42 Å². The zero-order chi connectivity index (χ0) is 16.2. The van der Waals surface area contributed by atoms with Crippen molar-refractivity contribution in [3.05, 3.63) is 70.1 Å². The summed E-state index contributed by atoms with van der Waals surface area (Å²) < 4.78 is 26.3. The van der Waals surface area contributed by atoms with Crippen LogP contribution in [0.2, 0.25) is 5.02 Å². The molecule has 3 N–H and O–H groups in total. The van der Waals surface area contributed by atoms with Crippen LogP contribution in [0, 0.1) is 0 Å². The number of rotatable bonds is 5. The molecule has 0 aromatic heterocycles. The highest BCUT2D eigenvalue weighted by molar-refractivity contribution is 7.95. The van der Waals surface area contributed by atoms with Gasteiger partial charge in [0.1, 0.15) is 0 Å². The molecule has 2 rings (SSSR count). The molecule has 0 aliphatic carbocycles. The minimum Gasteiger partial charge on any atom is -0.366 e.